The van der Waals surface area contributed by atoms with E-state index in [1.54, 1.807) is 4.90 Å². The van der Waals surface area contributed by atoms with Gasteiger partial charge in [0.1, 0.15) is 4.53 Å². The standard InChI is InChI=1S/C25H14Br2N4O2S/c26-16-8-6-15(7-9-16)22-28-25-31(29-22)24(33)21(34-25)20-18-12-17(27)10-11-19(18)30(23(20)32)13-14-4-2-1-3-5-14/h1-12H,13H2/b21-20-. The van der Waals surface area contributed by atoms with E-state index in [1.165, 1.54) is 15.9 Å². The Morgan fingerprint density at radius 3 is 2.35 bits per heavy atom. The van der Waals surface area contributed by atoms with E-state index in [0.717, 1.165) is 31.3 Å². The van der Waals surface area contributed by atoms with E-state index in [1.807, 2.05) is 72.8 Å². The van der Waals surface area contributed by atoms with Crippen LogP contribution in [-0.2, 0) is 11.3 Å². The van der Waals surface area contributed by atoms with Gasteiger partial charge in [-0.25, -0.2) is 0 Å². The van der Waals surface area contributed by atoms with Crippen LogP contribution in [0.3, 0.4) is 0 Å². The summed E-state index contributed by atoms with van der Waals surface area (Å²) in [5.41, 5.74) is 3.38. The van der Waals surface area contributed by atoms with Gasteiger partial charge in [0.25, 0.3) is 11.5 Å². The van der Waals surface area contributed by atoms with Gasteiger partial charge >= 0.3 is 0 Å². The lowest BCUT2D eigenvalue weighted by Crippen LogP contribution is -2.32. The summed E-state index contributed by atoms with van der Waals surface area (Å²) in [6.45, 7) is 0.417. The topological polar surface area (TPSA) is 67.6 Å². The molecule has 3 heterocycles. The second-order valence-corrected chi connectivity index (χ2v) is 10.6. The van der Waals surface area contributed by atoms with Gasteiger partial charge in [0.05, 0.1) is 17.8 Å². The molecule has 0 N–H and O–H groups in total. The van der Waals surface area contributed by atoms with Gasteiger partial charge in [-0.3, -0.25) is 9.59 Å². The van der Waals surface area contributed by atoms with Crippen LogP contribution in [0, 0.1) is 0 Å². The van der Waals surface area contributed by atoms with Crippen LogP contribution in [0.4, 0.5) is 5.69 Å². The van der Waals surface area contributed by atoms with Crippen molar-refractivity contribution in [3.05, 3.63) is 108 Å². The van der Waals surface area contributed by atoms with Gasteiger partial charge < -0.3 is 4.90 Å². The highest BCUT2D eigenvalue weighted by Crippen LogP contribution is 2.38. The summed E-state index contributed by atoms with van der Waals surface area (Å²) in [7, 11) is 0. The Hall–Kier alpha value is -3.14. The molecule has 0 saturated carbocycles. The Kier molecular flexibility index (Phi) is 5.20. The first kappa shape index (κ1) is 21.4. The van der Waals surface area contributed by atoms with E-state index in [0.29, 0.717) is 27.4 Å². The Labute approximate surface area is 214 Å². The van der Waals surface area contributed by atoms with Crippen LogP contribution in [0.25, 0.3) is 21.9 Å². The second kappa shape index (κ2) is 8.26. The lowest BCUT2D eigenvalue weighted by atomic mass is 10.1. The van der Waals surface area contributed by atoms with Crippen LogP contribution < -0.4 is 15.0 Å². The molecule has 1 aliphatic rings. The molecule has 0 unspecified atom stereocenters. The zero-order valence-corrected chi connectivity index (χ0v) is 21.4. The number of halogens is 2. The van der Waals surface area contributed by atoms with Crippen LogP contribution in [0.2, 0.25) is 0 Å². The van der Waals surface area contributed by atoms with Gasteiger partial charge in [0.15, 0.2) is 5.82 Å². The molecule has 0 fully saturated rings. The van der Waals surface area contributed by atoms with E-state index in [9.17, 15) is 9.59 Å². The molecule has 5 aromatic rings. The van der Waals surface area contributed by atoms with Gasteiger partial charge in [0, 0.05) is 20.1 Å². The van der Waals surface area contributed by atoms with Crippen LogP contribution in [0.5, 0.6) is 0 Å². The van der Waals surface area contributed by atoms with Crippen molar-refractivity contribution < 1.29 is 4.79 Å². The van der Waals surface area contributed by atoms with Gasteiger partial charge in [-0.1, -0.05) is 85.7 Å². The molecule has 0 saturated heterocycles. The van der Waals surface area contributed by atoms with E-state index < -0.39 is 0 Å². The summed E-state index contributed by atoms with van der Waals surface area (Å²) in [6.07, 6.45) is 0. The van der Waals surface area contributed by atoms with E-state index in [2.05, 4.69) is 41.9 Å². The highest BCUT2D eigenvalue weighted by molar-refractivity contribution is 9.10. The molecule has 2 aromatic heterocycles. The maximum atomic E-state index is 13.6. The number of benzene rings is 3. The number of anilines is 1. The number of amides is 1. The molecule has 0 bridgehead atoms. The number of rotatable bonds is 3. The summed E-state index contributed by atoms with van der Waals surface area (Å²) < 4.78 is 3.42. The minimum atomic E-state index is -0.341. The molecule has 1 amide bonds. The van der Waals surface area contributed by atoms with E-state index in [-0.39, 0.29) is 11.5 Å². The summed E-state index contributed by atoms with van der Waals surface area (Å²) in [6, 6.07) is 23.1. The summed E-state index contributed by atoms with van der Waals surface area (Å²) >= 11 is 8.11. The molecule has 9 heteroatoms. The third-order valence-corrected chi connectivity index (χ3v) is 7.70. The van der Waals surface area contributed by atoms with Crippen molar-refractivity contribution in [3.8, 4) is 11.4 Å². The van der Waals surface area contributed by atoms with Crippen molar-refractivity contribution in [2.75, 3.05) is 4.90 Å². The van der Waals surface area contributed by atoms with Crippen LogP contribution >= 0.6 is 43.2 Å². The van der Waals surface area contributed by atoms with Crippen molar-refractivity contribution in [2.24, 2.45) is 0 Å². The maximum Gasteiger partial charge on any atom is 0.291 e. The highest BCUT2D eigenvalue weighted by atomic mass is 79.9. The molecule has 0 aliphatic carbocycles. The van der Waals surface area contributed by atoms with E-state index in [4.69, 9.17) is 0 Å². The Balaban J connectivity index is 1.52. The largest absolute Gasteiger partial charge is 0.303 e. The third-order valence-electron chi connectivity index (χ3n) is 5.65. The smallest absolute Gasteiger partial charge is 0.291 e. The molecule has 6 rings (SSSR count). The number of nitrogens with zero attached hydrogens (tertiary/aromatic N) is 4. The molecule has 0 atom stereocenters. The molecule has 6 nitrogen and oxygen atoms in total. The Morgan fingerprint density at radius 1 is 0.882 bits per heavy atom. The van der Waals surface area contributed by atoms with Gasteiger partial charge in [-0.05, 0) is 35.9 Å². The van der Waals surface area contributed by atoms with Crippen molar-refractivity contribution in [2.45, 2.75) is 6.54 Å². The van der Waals surface area contributed by atoms with Gasteiger partial charge in [-0.2, -0.15) is 9.50 Å². The normalized spacial score (nSPS) is 14.8. The SMILES string of the molecule is O=C1/C(=c2\sc3nc(-c4ccc(Br)cc4)nn3c2=O)c2cc(Br)ccc2N1Cc1ccccc1. The molecule has 0 radical (unpaired) electrons. The average Bonchev–Trinajstić information content (AvgIpc) is 3.46. The molecule has 166 valence electrons. The lowest BCUT2D eigenvalue weighted by Gasteiger charge is -2.17. The fraction of sp³-hybridized carbons (Fsp3) is 0.0400. The van der Waals surface area contributed by atoms with Crippen LogP contribution in [0.15, 0.2) is 86.5 Å². The van der Waals surface area contributed by atoms with Crippen molar-refractivity contribution in [3.63, 3.8) is 0 Å². The number of hydrogen-bond acceptors (Lipinski definition) is 5. The number of fused-ring (bicyclic) bond motifs is 2. The summed E-state index contributed by atoms with van der Waals surface area (Å²) in [5.74, 6) is 0.269. The number of thiazole rings is 1. The Bertz CT molecular complexity index is 1700. The number of carbonyl (C=O) groups is 1. The fourth-order valence-corrected chi connectivity index (χ4v) is 5.68. The average molecular weight is 594 g/mol. The minimum Gasteiger partial charge on any atom is -0.303 e. The van der Waals surface area contributed by atoms with Crippen molar-refractivity contribution in [1.29, 1.82) is 0 Å². The fourth-order valence-electron chi connectivity index (χ4n) is 4.05. The Morgan fingerprint density at radius 2 is 1.62 bits per heavy atom. The predicted octanol–water partition coefficient (Wildman–Crippen LogP) is 4.81. The number of hydrogen-bond donors (Lipinski definition) is 0. The highest BCUT2D eigenvalue weighted by Gasteiger charge is 2.34. The monoisotopic (exact) mass is 592 g/mol. The molecular formula is C25H14Br2N4O2S. The van der Waals surface area contributed by atoms with Crippen LogP contribution in [-0.4, -0.2) is 20.5 Å². The molecule has 1 aliphatic heterocycles. The summed E-state index contributed by atoms with van der Waals surface area (Å²) in [5, 5.41) is 4.43. The first-order chi connectivity index (χ1) is 16.5. The van der Waals surface area contributed by atoms with Crippen LogP contribution in [0.1, 0.15) is 11.1 Å². The second-order valence-electron chi connectivity index (χ2n) is 7.79. The first-order valence-electron chi connectivity index (χ1n) is 10.3. The van der Waals surface area contributed by atoms with Crippen molar-refractivity contribution in [1.82, 2.24) is 14.6 Å². The molecule has 0 spiro atoms. The minimum absolute atomic E-state index is 0.202. The maximum absolute atomic E-state index is 13.6. The number of aromatic nitrogens is 3. The predicted molar refractivity (Wildman–Crippen MR) is 140 cm³/mol. The zero-order valence-electron chi connectivity index (χ0n) is 17.4. The zero-order chi connectivity index (χ0) is 23.4. The number of carbonyl (C=O) groups excluding carboxylic acids is 1. The van der Waals surface area contributed by atoms with E-state index >= 15 is 0 Å². The van der Waals surface area contributed by atoms with Crippen molar-refractivity contribution >= 4 is 65.3 Å². The first-order valence-corrected chi connectivity index (χ1v) is 12.8. The lowest BCUT2D eigenvalue weighted by molar-refractivity contribution is -0.113. The molecule has 3 aromatic carbocycles. The summed E-state index contributed by atoms with van der Waals surface area (Å²) in [4.78, 5) is 33.7. The molecule has 34 heavy (non-hydrogen) atoms. The molecular weight excluding hydrogens is 580 g/mol. The van der Waals surface area contributed by atoms with Gasteiger partial charge in [0.2, 0.25) is 4.96 Å². The quantitative estimate of drug-likeness (QED) is 0.301. The van der Waals surface area contributed by atoms with Gasteiger partial charge in [-0.15, -0.1) is 5.10 Å². The third kappa shape index (κ3) is 3.51.